The number of carbonyl (C=O) groups is 1. The molecule has 0 N–H and O–H groups in total. The molecule has 1 heterocycles. The maximum Gasteiger partial charge on any atom is 0.177 e. The van der Waals surface area contributed by atoms with Gasteiger partial charge in [-0.25, -0.2) is 0 Å². The topological polar surface area (TPSA) is 17.1 Å². The summed E-state index contributed by atoms with van der Waals surface area (Å²) in [5.74, 6) is 1.26. The third kappa shape index (κ3) is 2.40. The average Bonchev–Trinajstić information content (AvgIpc) is 2.74. The number of hydrogen-bond acceptors (Lipinski definition) is 2. The highest BCUT2D eigenvalue weighted by molar-refractivity contribution is 9.10. The fraction of sp³-hybridized carbons (Fsp3) is 0.364. The Bertz CT molecular complexity index is 388. The van der Waals surface area contributed by atoms with E-state index >= 15 is 0 Å². The van der Waals surface area contributed by atoms with Gasteiger partial charge in [-0.2, -0.15) is 11.8 Å². The SMILES string of the molecule is O=C(c1cccc(Br)c1Cl)C1CCCS1. The maximum atomic E-state index is 12.1. The highest BCUT2D eigenvalue weighted by Gasteiger charge is 2.26. The van der Waals surface area contributed by atoms with E-state index in [4.69, 9.17) is 11.6 Å². The molecule has 80 valence electrons. The van der Waals surface area contributed by atoms with Gasteiger partial charge in [0.05, 0.1) is 10.3 Å². The average molecular weight is 306 g/mol. The molecular weight excluding hydrogens is 296 g/mol. The summed E-state index contributed by atoms with van der Waals surface area (Å²) in [6.07, 6.45) is 2.11. The minimum atomic E-state index is 0.108. The van der Waals surface area contributed by atoms with Gasteiger partial charge in [-0.1, -0.05) is 17.7 Å². The molecule has 0 bridgehead atoms. The fourth-order valence-corrected chi connectivity index (χ4v) is 3.47. The van der Waals surface area contributed by atoms with E-state index in [0.717, 1.165) is 23.1 Å². The van der Waals surface area contributed by atoms with E-state index in [-0.39, 0.29) is 11.0 Å². The molecule has 1 aromatic carbocycles. The van der Waals surface area contributed by atoms with Gasteiger partial charge in [0.2, 0.25) is 0 Å². The number of ketones is 1. The van der Waals surface area contributed by atoms with Gasteiger partial charge in [0.15, 0.2) is 5.78 Å². The lowest BCUT2D eigenvalue weighted by Gasteiger charge is -2.09. The molecule has 0 saturated carbocycles. The summed E-state index contributed by atoms with van der Waals surface area (Å²) in [5, 5.41) is 0.645. The van der Waals surface area contributed by atoms with Gasteiger partial charge in [-0.05, 0) is 46.7 Å². The number of rotatable bonds is 2. The minimum Gasteiger partial charge on any atom is -0.293 e. The van der Waals surface area contributed by atoms with E-state index in [2.05, 4.69) is 15.9 Å². The minimum absolute atomic E-state index is 0.108. The van der Waals surface area contributed by atoms with E-state index < -0.39 is 0 Å². The first-order valence-electron chi connectivity index (χ1n) is 4.80. The van der Waals surface area contributed by atoms with Crippen LogP contribution in [-0.4, -0.2) is 16.8 Å². The normalized spacial score (nSPS) is 20.5. The van der Waals surface area contributed by atoms with Crippen LogP contribution in [-0.2, 0) is 0 Å². The molecule has 1 saturated heterocycles. The van der Waals surface area contributed by atoms with Crippen LogP contribution in [0.2, 0.25) is 5.02 Å². The van der Waals surface area contributed by atoms with Crippen LogP contribution in [0.25, 0.3) is 0 Å². The summed E-state index contributed by atoms with van der Waals surface area (Å²) in [4.78, 5) is 12.1. The van der Waals surface area contributed by atoms with Crippen LogP contribution in [0.3, 0.4) is 0 Å². The van der Waals surface area contributed by atoms with Gasteiger partial charge in [0.1, 0.15) is 0 Å². The van der Waals surface area contributed by atoms with Gasteiger partial charge in [0.25, 0.3) is 0 Å². The lowest BCUT2D eigenvalue weighted by Crippen LogP contribution is -2.14. The van der Waals surface area contributed by atoms with Crippen LogP contribution in [0.15, 0.2) is 22.7 Å². The Morgan fingerprint density at radius 2 is 2.33 bits per heavy atom. The van der Waals surface area contributed by atoms with E-state index in [0.29, 0.717) is 10.6 Å². The van der Waals surface area contributed by atoms with Crippen LogP contribution in [0.4, 0.5) is 0 Å². The quantitative estimate of drug-likeness (QED) is 0.762. The van der Waals surface area contributed by atoms with Crippen LogP contribution in [0, 0.1) is 0 Å². The first-order valence-corrected chi connectivity index (χ1v) is 7.02. The van der Waals surface area contributed by atoms with E-state index in [9.17, 15) is 4.79 Å². The van der Waals surface area contributed by atoms with Crippen LogP contribution in [0.5, 0.6) is 0 Å². The molecule has 0 amide bonds. The van der Waals surface area contributed by atoms with Crippen molar-refractivity contribution in [2.75, 3.05) is 5.75 Å². The van der Waals surface area contributed by atoms with Crippen molar-refractivity contribution < 1.29 is 4.79 Å². The molecule has 1 nitrogen and oxygen atoms in total. The molecular formula is C11H10BrClOS. The number of halogens is 2. The molecule has 0 aliphatic carbocycles. The van der Waals surface area contributed by atoms with Crippen LogP contribution in [0.1, 0.15) is 23.2 Å². The zero-order valence-corrected chi connectivity index (χ0v) is 11.2. The molecule has 4 heteroatoms. The number of Topliss-reactive ketones (excluding diaryl/α,β-unsaturated/α-hetero) is 1. The van der Waals surface area contributed by atoms with Crippen LogP contribution < -0.4 is 0 Å². The summed E-state index contributed by atoms with van der Waals surface area (Å²) in [6.45, 7) is 0. The van der Waals surface area contributed by atoms with Crippen molar-refractivity contribution in [2.24, 2.45) is 0 Å². The standard InChI is InChI=1S/C11H10BrClOS/c12-8-4-1-3-7(10(8)13)11(14)9-5-2-6-15-9/h1,3-4,9H,2,5-6H2. The molecule has 1 aliphatic heterocycles. The van der Waals surface area contributed by atoms with Gasteiger partial charge in [0, 0.05) is 10.0 Å². The predicted octanol–water partition coefficient (Wildman–Crippen LogP) is 4.18. The summed E-state index contributed by atoms with van der Waals surface area (Å²) in [5.41, 5.74) is 0.644. The van der Waals surface area contributed by atoms with E-state index in [1.807, 2.05) is 12.1 Å². The molecule has 1 fully saturated rings. The number of hydrogen-bond donors (Lipinski definition) is 0. The van der Waals surface area contributed by atoms with Crippen molar-refractivity contribution in [1.82, 2.24) is 0 Å². The van der Waals surface area contributed by atoms with Gasteiger partial charge in [-0.3, -0.25) is 4.79 Å². The number of thioether (sulfide) groups is 1. The van der Waals surface area contributed by atoms with Gasteiger partial charge < -0.3 is 0 Å². The fourth-order valence-electron chi connectivity index (χ4n) is 1.65. The smallest absolute Gasteiger partial charge is 0.177 e. The molecule has 1 aliphatic rings. The van der Waals surface area contributed by atoms with Gasteiger partial charge >= 0.3 is 0 Å². The zero-order valence-electron chi connectivity index (χ0n) is 8.00. The van der Waals surface area contributed by atoms with Crippen molar-refractivity contribution in [3.8, 4) is 0 Å². The van der Waals surface area contributed by atoms with Crippen molar-refractivity contribution >= 4 is 45.1 Å². The molecule has 1 aromatic rings. The Kier molecular flexibility index (Phi) is 3.75. The van der Waals surface area contributed by atoms with E-state index in [1.165, 1.54) is 0 Å². The predicted molar refractivity (Wildman–Crippen MR) is 69.0 cm³/mol. The third-order valence-electron chi connectivity index (χ3n) is 2.44. The molecule has 1 unspecified atom stereocenters. The second-order valence-electron chi connectivity index (χ2n) is 3.47. The van der Waals surface area contributed by atoms with E-state index in [1.54, 1.807) is 17.8 Å². The number of carbonyl (C=O) groups excluding carboxylic acids is 1. The van der Waals surface area contributed by atoms with Gasteiger partial charge in [-0.15, -0.1) is 0 Å². The van der Waals surface area contributed by atoms with Crippen molar-refractivity contribution in [3.63, 3.8) is 0 Å². The van der Waals surface area contributed by atoms with Crippen molar-refractivity contribution in [3.05, 3.63) is 33.3 Å². The monoisotopic (exact) mass is 304 g/mol. The highest BCUT2D eigenvalue weighted by Crippen LogP contribution is 2.33. The Morgan fingerprint density at radius 3 is 3.00 bits per heavy atom. The van der Waals surface area contributed by atoms with Crippen molar-refractivity contribution in [2.45, 2.75) is 18.1 Å². The van der Waals surface area contributed by atoms with Crippen LogP contribution >= 0.6 is 39.3 Å². The largest absolute Gasteiger partial charge is 0.293 e. The van der Waals surface area contributed by atoms with Crippen molar-refractivity contribution in [1.29, 1.82) is 0 Å². The molecule has 1 atom stereocenters. The highest BCUT2D eigenvalue weighted by atomic mass is 79.9. The molecule has 0 spiro atoms. The molecule has 2 rings (SSSR count). The Hall–Kier alpha value is 0.01000. The maximum absolute atomic E-state index is 12.1. The Labute approximate surface area is 107 Å². The third-order valence-corrected chi connectivity index (χ3v) is 5.11. The second-order valence-corrected chi connectivity index (χ2v) is 6.01. The molecule has 0 radical (unpaired) electrons. The number of benzene rings is 1. The lowest BCUT2D eigenvalue weighted by molar-refractivity contribution is 0.0988. The molecule has 15 heavy (non-hydrogen) atoms. The second kappa shape index (κ2) is 4.89. The summed E-state index contributed by atoms with van der Waals surface area (Å²) in [7, 11) is 0. The Balaban J connectivity index is 2.28. The summed E-state index contributed by atoms with van der Waals surface area (Å²) < 4.78 is 0.790. The summed E-state index contributed by atoms with van der Waals surface area (Å²) in [6, 6.07) is 5.50. The lowest BCUT2D eigenvalue weighted by atomic mass is 10.1. The first-order chi connectivity index (χ1) is 7.20. The zero-order chi connectivity index (χ0) is 10.8. The Morgan fingerprint density at radius 1 is 1.53 bits per heavy atom. The first kappa shape index (κ1) is 11.5. The summed E-state index contributed by atoms with van der Waals surface area (Å²) >= 11 is 11.2. The molecule has 0 aromatic heterocycles.